The monoisotopic (exact) mass is 482 g/mol. The molecule has 0 aliphatic heterocycles. The van der Waals surface area contributed by atoms with E-state index in [0.29, 0.717) is 12.7 Å². The Morgan fingerprint density at radius 1 is 0.938 bits per heavy atom. The molecule has 0 unspecified atom stereocenters. The van der Waals surface area contributed by atoms with Gasteiger partial charge in [0.05, 0.1) is 13.2 Å². The van der Waals surface area contributed by atoms with Gasteiger partial charge >= 0.3 is 73.6 Å². The van der Waals surface area contributed by atoms with Crippen molar-refractivity contribution in [1.82, 2.24) is 0 Å². The van der Waals surface area contributed by atoms with Gasteiger partial charge in [-0.25, -0.2) is 4.57 Å². The fraction of sp³-hybridized carbons (Fsp3) is 1.00. The van der Waals surface area contributed by atoms with Gasteiger partial charge in [0, 0.05) is 0 Å². The van der Waals surface area contributed by atoms with Crippen molar-refractivity contribution in [2.45, 2.75) is 0 Å². The number of rotatable bonds is 1. The minimum atomic E-state index is -4.64. The maximum atomic E-state index is 8.88. The molecule has 0 aliphatic carbocycles. The Hall–Kier alpha value is 3.08. The number of aliphatic hydroxyl groups excluding tert-OH is 2. The van der Waals surface area contributed by atoms with Crippen LogP contribution in [0.15, 0.2) is 0 Å². The Bertz CT molecular complexity index is 109. The van der Waals surface area contributed by atoms with Crippen LogP contribution >= 0.6 is 28.2 Å². The van der Waals surface area contributed by atoms with Crippen LogP contribution < -0.4 is 37.2 Å². The van der Waals surface area contributed by atoms with E-state index in [2.05, 4.69) is 0 Å². The van der Waals surface area contributed by atoms with Crippen LogP contribution in [0.5, 0.6) is 0 Å². The van der Waals surface area contributed by atoms with Crippen molar-refractivity contribution >= 4 is 28.2 Å². The quantitative estimate of drug-likeness (QED) is 0.186. The molecule has 0 spiro atoms. The standard InChI is InChI=1S/C2H6O2.5ClH.Ni.H3O4P.Y/c3-1-2-4;;;;;;;1-5(2,3)4;/h3-4H,1-2H2;5*1H;;(H3,1,2,3,4);/q;;;;;;+2;;+3/p-5. The van der Waals surface area contributed by atoms with Gasteiger partial charge in [-0.3, -0.25) is 0 Å². The third kappa shape index (κ3) is 266. The Labute approximate surface area is 152 Å². The number of phosphoric acid groups is 1. The van der Waals surface area contributed by atoms with Gasteiger partial charge in [0.15, 0.2) is 0 Å². The van der Waals surface area contributed by atoms with Crippen molar-refractivity contribution in [2.24, 2.45) is 0 Å². The van der Waals surface area contributed by atoms with Gasteiger partial charge in [-0.15, -0.1) is 0 Å². The van der Waals surface area contributed by atoms with E-state index in [1.165, 1.54) is 0 Å². The zero-order chi connectivity index (χ0) is 10.6. The average molecular weight is 485 g/mol. The number of hydrogen-bond acceptors (Lipinski definition) is 3. The molecule has 0 radical (unpaired) electrons. The van der Waals surface area contributed by atoms with Crippen molar-refractivity contribution in [3.05, 3.63) is 0 Å². The summed E-state index contributed by atoms with van der Waals surface area (Å²) in [5.74, 6) is 0. The van der Waals surface area contributed by atoms with Crippen LogP contribution in [0.1, 0.15) is 0 Å². The van der Waals surface area contributed by atoms with Crippen molar-refractivity contribution in [3.8, 4) is 0 Å². The van der Waals surface area contributed by atoms with E-state index >= 15 is 0 Å². The number of halogens is 5. The van der Waals surface area contributed by atoms with E-state index < -0.39 is 7.82 Å². The van der Waals surface area contributed by atoms with E-state index in [-0.39, 0.29) is 83.1 Å². The number of aliphatic hydroxyl groups is 2. The summed E-state index contributed by atoms with van der Waals surface area (Å²) in [6, 6.07) is 0. The molecule has 0 fully saturated rings. The summed E-state index contributed by atoms with van der Waals surface area (Å²) < 4.78 is 8.88. The third-order valence-corrected chi connectivity index (χ3v) is 0.1000. The van der Waals surface area contributed by atoms with Gasteiger partial charge in [0.25, 0.3) is 0 Å². The van der Waals surface area contributed by atoms with Crippen LogP contribution in [0.2, 0.25) is 0 Å². The first-order valence-electron chi connectivity index (χ1n) is 2.15. The predicted molar refractivity (Wildman–Crippen MR) is 40.1 cm³/mol. The molecule has 0 aromatic heterocycles. The fourth-order valence-corrected chi connectivity index (χ4v) is 0. The first-order valence-corrected chi connectivity index (χ1v) is 6.44. The second-order valence-corrected chi connectivity index (χ2v) is 3.66. The topological polar surface area (TPSA) is 118 Å². The molecule has 0 saturated heterocycles. The normalized spacial score (nSPS) is 6.94. The van der Waals surface area contributed by atoms with Crippen LogP contribution in [0.3, 0.4) is 0 Å². The van der Waals surface area contributed by atoms with E-state index in [1.54, 1.807) is 0 Å². The van der Waals surface area contributed by atoms with Gasteiger partial charge < -0.3 is 62.1 Å². The largest absolute Gasteiger partial charge is 3.00 e. The molecule has 0 saturated carbocycles. The van der Waals surface area contributed by atoms with Gasteiger partial charge in [-0.05, 0) is 0 Å². The van der Waals surface area contributed by atoms with Gasteiger partial charge in [-0.1, -0.05) is 0 Å². The Balaban J connectivity index is -0.0000000138. The zero-order valence-electron chi connectivity index (χ0n) is 7.29. The molecule has 0 rings (SSSR count). The maximum Gasteiger partial charge on any atom is 3.00 e. The van der Waals surface area contributed by atoms with Crippen LogP contribution in [-0.2, 0) is 49.9 Å². The van der Waals surface area contributed by atoms with E-state index in [0.717, 1.165) is 0 Å². The summed E-state index contributed by atoms with van der Waals surface area (Å²) >= 11 is 0.569. The minimum Gasteiger partial charge on any atom is 3.00 e. The van der Waals surface area contributed by atoms with E-state index in [4.69, 9.17) is 49.8 Å². The molecule has 16 heavy (non-hydrogen) atoms. The third-order valence-electron chi connectivity index (χ3n) is 0.1000. The summed E-state index contributed by atoms with van der Waals surface area (Å²) in [5.41, 5.74) is 0. The second-order valence-electron chi connectivity index (χ2n) is 1.01. The smallest absolute Gasteiger partial charge is 3.00 e. The molecular formula is C2H9Cl5NiO6PY. The molecule has 106 valence electrons. The average Bonchev–Trinajstić information content (AvgIpc) is 1.85. The van der Waals surface area contributed by atoms with Gasteiger partial charge in [0.1, 0.15) is 0 Å². The van der Waals surface area contributed by atoms with Crippen LogP contribution in [0, 0.1) is 0 Å². The van der Waals surface area contributed by atoms with Crippen LogP contribution in [-0.4, -0.2) is 38.1 Å². The fourth-order valence-electron chi connectivity index (χ4n) is 0. The molecule has 0 aliphatic rings. The maximum absolute atomic E-state index is 8.88. The summed E-state index contributed by atoms with van der Waals surface area (Å²) in [7, 11) is 4.76. The minimum absolute atomic E-state index is 0. The molecule has 14 heteroatoms. The Morgan fingerprint density at radius 2 is 1.00 bits per heavy atom. The SMILES string of the molecule is O=P(O)(O)O.OCCO.[Cl-].[Cl-].[Cl-].[Cl][Ni][Cl].[Y+3]. The summed E-state index contributed by atoms with van der Waals surface area (Å²) in [6.07, 6.45) is 0. The molecule has 0 aromatic carbocycles. The zero-order valence-corrected chi connectivity index (χ0v) is 15.8. The van der Waals surface area contributed by atoms with Gasteiger partial charge in [0.2, 0.25) is 0 Å². The summed E-state index contributed by atoms with van der Waals surface area (Å²) in [6.45, 7) is -0.250. The van der Waals surface area contributed by atoms with Crippen molar-refractivity contribution in [2.75, 3.05) is 13.2 Å². The van der Waals surface area contributed by atoms with Gasteiger partial charge in [-0.2, -0.15) is 0 Å². The summed E-state index contributed by atoms with van der Waals surface area (Å²) in [5, 5.41) is 15.2. The second kappa shape index (κ2) is 36.1. The van der Waals surface area contributed by atoms with Crippen molar-refractivity contribution in [1.29, 1.82) is 0 Å². The molecule has 0 atom stereocenters. The molecule has 5 N–H and O–H groups in total. The molecule has 0 bridgehead atoms. The predicted octanol–water partition coefficient (Wildman–Crippen LogP) is -9.57. The first kappa shape index (κ1) is 42.7. The van der Waals surface area contributed by atoms with Crippen molar-refractivity contribution < 1.29 is 112 Å². The van der Waals surface area contributed by atoms with E-state index in [9.17, 15) is 0 Å². The number of hydrogen-bond donors (Lipinski definition) is 5. The molecule has 0 amide bonds. The van der Waals surface area contributed by atoms with Crippen molar-refractivity contribution in [3.63, 3.8) is 0 Å². The molecular weight excluding hydrogens is 476 g/mol. The molecule has 0 aromatic rings. The van der Waals surface area contributed by atoms with E-state index in [1.807, 2.05) is 0 Å². The first-order chi connectivity index (χ1) is 5.33. The molecule has 0 heterocycles. The van der Waals surface area contributed by atoms with Crippen LogP contribution in [0.25, 0.3) is 0 Å². The Morgan fingerprint density at radius 3 is 1.00 bits per heavy atom. The summed E-state index contributed by atoms with van der Waals surface area (Å²) in [4.78, 5) is 21.6. The van der Waals surface area contributed by atoms with Crippen LogP contribution in [0.4, 0.5) is 0 Å². The molecule has 6 nitrogen and oxygen atoms in total. The Kier molecular flexibility index (Phi) is 96.6.